The SMILES string of the molecule is C[C@@H](CC(F)(F)F)NC(=O)OCC1CC(c2cnc(NC3CCN(C(=O)Cn4ccnn4)CC3)nc2)C1. The van der Waals surface area contributed by atoms with Crippen molar-refractivity contribution in [3.63, 3.8) is 0 Å². The minimum atomic E-state index is -4.33. The molecule has 2 fully saturated rings. The number of carbonyl (C=O) groups excluding carboxylic acids is 2. The number of nitrogens with zero attached hydrogens (tertiary/aromatic N) is 6. The molecule has 2 aliphatic rings. The fourth-order valence-electron chi connectivity index (χ4n) is 4.61. The largest absolute Gasteiger partial charge is 0.449 e. The molecular formula is C23H31F3N8O3. The number of carbonyl (C=O) groups is 2. The van der Waals surface area contributed by atoms with Crippen molar-refractivity contribution in [3.05, 3.63) is 30.4 Å². The van der Waals surface area contributed by atoms with E-state index in [1.165, 1.54) is 11.6 Å². The molecule has 4 rings (SSSR count). The van der Waals surface area contributed by atoms with Crippen LogP contribution in [0.4, 0.5) is 23.9 Å². The van der Waals surface area contributed by atoms with Gasteiger partial charge >= 0.3 is 12.3 Å². The van der Waals surface area contributed by atoms with Crippen molar-refractivity contribution in [2.75, 3.05) is 25.0 Å². The van der Waals surface area contributed by atoms with Crippen molar-refractivity contribution in [1.29, 1.82) is 0 Å². The molecule has 0 unspecified atom stereocenters. The van der Waals surface area contributed by atoms with Crippen molar-refractivity contribution in [3.8, 4) is 0 Å². The number of alkyl carbamates (subject to hydrolysis) is 1. The summed E-state index contributed by atoms with van der Waals surface area (Å²) in [4.78, 5) is 34.8. The van der Waals surface area contributed by atoms with E-state index in [9.17, 15) is 22.8 Å². The Morgan fingerprint density at radius 1 is 1.19 bits per heavy atom. The van der Waals surface area contributed by atoms with Gasteiger partial charge in [0.15, 0.2) is 0 Å². The van der Waals surface area contributed by atoms with Gasteiger partial charge in [-0.25, -0.2) is 19.4 Å². The minimum absolute atomic E-state index is 0.0189. The highest BCUT2D eigenvalue weighted by Gasteiger charge is 2.33. The summed E-state index contributed by atoms with van der Waals surface area (Å²) in [5.74, 6) is 0.975. The summed E-state index contributed by atoms with van der Waals surface area (Å²) < 4.78 is 43.6. The lowest BCUT2D eigenvalue weighted by Crippen LogP contribution is -2.43. The zero-order valence-corrected chi connectivity index (χ0v) is 20.5. The number of nitrogens with one attached hydrogen (secondary N) is 2. The second-order valence-corrected chi connectivity index (χ2v) is 9.74. The summed E-state index contributed by atoms with van der Waals surface area (Å²) in [5.41, 5.74) is 0.999. The predicted molar refractivity (Wildman–Crippen MR) is 125 cm³/mol. The topological polar surface area (TPSA) is 127 Å². The Morgan fingerprint density at radius 2 is 1.89 bits per heavy atom. The first kappa shape index (κ1) is 26.6. The average Bonchev–Trinajstić information content (AvgIpc) is 3.31. The van der Waals surface area contributed by atoms with Gasteiger partial charge in [-0.3, -0.25) is 4.79 Å². The number of piperidine rings is 1. The Morgan fingerprint density at radius 3 is 2.51 bits per heavy atom. The monoisotopic (exact) mass is 524 g/mol. The number of aromatic nitrogens is 5. The predicted octanol–water partition coefficient (Wildman–Crippen LogP) is 2.73. The van der Waals surface area contributed by atoms with E-state index in [2.05, 4.69) is 30.9 Å². The number of alkyl halides is 3. The first-order chi connectivity index (χ1) is 17.6. The molecular weight excluding hydrogens is 493 g/mol. The van der Waals surface area contributed by atoms with Crippen LogP contribution in [-0.2, 0) is 16.1 Å². The molecule has 1 saturated heterocycles. The van der Waals surface area contributed by atoms with Gasteiger partial charge in [0, 0.05) is 43.8 Å². The summed E-state index contributed by atoms with van der Waals surface area (Å²) in [6.45, 7) is 2.94. The van der Waals surface area contributed by atoms with E-state index >= 15 is 0 Å². The molecule has 0 radical (unpaired) electrons. The second kappa shape index (κ2) is 11.7. The molecule has 2 aromatic rings. The first-order valence-corrected chi connectivity index (χ1v) is 12.3. The summed E-state index contributed by atoms with van der Waals surface area (Å²) in [7, 11) is 0. The molecule has 1 aliphatic heterocycles. The van der Waals surface area contributed by atoms with Gasteiger partial charge in [-0.15, -0.1) is 5.10 Å². The molecule has 0 aromatic carbocycles. The summed E-state index contributed by atoms with van der Waals surface area (Å²) in [6, 6.07) is -0.858. The lowest BCUT2D eigenvalue weighted by atomic mass is 9.72. The third-order valence-electron chi connectivity index (χ3n) is 6.68. The van der Waals surface area contributed by atoms with E-state index in [0.717, 1.165) is 31.2 Å². The summed E-state index contributed by atoms with van der Waals surface area (Å²) >= 11 is 0. The van der Waals surface area contributed by atoms with E-state index in [4.69, 9.17) is 4.74 Å². The van der Waals surface area contributed by atoms with E-state index in [1.54, 1.807) is 24.8 Å². The van der Waals surface area contributed by atoms with Gasteiger partial charge in [0.25, 0.3) is 0 Å². The number of hydrogen-bond acceptors (Lipinski definition) is 8. The maximum atomic E-state index is 12.4. The van der Waals surface area contributed by atoms with Crippen LogP contribution in [0.3, 0.4) is 0 Å². The van der Waals surface area contributed by atoms with Gasteiger partial charge in [-0.1, -0.05) is 5.21 Å². The van der Waals surface area contributed by atoms with Crippen LogP contribution in [0.1, 0.15) is 50.5 Å². The Balaban J connectivity index is 1.12. The molecule has 1 saturated carbocycles. The summed E-state index contributed by atoms with van der Waals surface area (Å²) in [6.07, 6.45) is 3.70. The van der Waals surface area contributed by atoms with Crippen LogP contribution < -0.4 is 10.6 Å². The van der Waals surface area contributed by atoms with Gasteiger partial charge < -0.3 is 20.3 Å². The Kier molecular flexibility index (Phi) is 8.44. The molecule has 0 bridgehead atoms. The van der Waals surface area contributed by atoms with Crippen molar-refractivity contribution < 1.29 is 27.5 Å². The molecule has 14 heteroatoms. The number of halogens is 3. The van der Waals surface area contributed by atoms with Crippen molar-refractivity contribution in [1.82, 2.24) is 35.2 Å². The minimum Gasteiger partial charge on any atom is -0.449 e. The maximum Gasteiger partial charge on any atom is 0.407 e. The van der Waals surface area contributed by atoms with E-state index in [0.29, 0.717) is 19.0 Å². The van der Waals surface area contributed by atoms with Gasteiger partial charge in [0.05, 0.1) is 19.2 Å². The fraction of sp³-hybridized carbons (Fsp3) is 0.652. The molecule has 37 heavy (non-hydrogen) atoms. The van der Waals surface area contributed by atoms with E-state index in [-0.39, 0.29) is 36.9 Å². The van der Waals surface area contributed by atoms with Gasteiger partial charge in [-0.2, -0.15) is 13.2 Å². The average molecular weight is 525 g/mol. The molecule has 3 heterocycles. The molecule has 1 atom stereocenters. The number of amides is 2. The van der Waals surface area contributed by atoms with E-state index < -0.39 is 24.7 Å². The Labute approximate surface area is 212 Å². The Hall–Kier alpha value is -3.45. The Bertz CT molecular complexity index is 1020. The van der Waals surface area contributed by atoms with Crippen LogP contribution in [0, 0.1) is 5.92 Å². The number of ether oxygens (including phenoxy) is 1. The third-order valence-corrected chi connectivity index (χ3v) is 6.68. The lowest BCUT2D eigenvalue weighted by molar-refractivity contribution is -0.138. The molecule has 202 valence electrons. The number of anilines is 1. The lowest BCUT2D eigenvalue weighted by Gasteiger charge is -2.35. The van der Waals surface area contributed by atoms with Crippen LogP contribution in [0.15, 0.2) is 24.8 Å². The van der Waals surface area contributed by atoms with Crippen molar-refractivity contribution in [2.24, 2.45) is 5.92 Å². The van der Waals surface area contributed by atoms with Crippen molar-refractivity contribution in [2.45, 2.75) is 69.8 Å². The highest BCUT2D eigenvalue weighted by Crippen LogP contribution is 2.41. The zero-order valence-electron chi connectivity index (χ0n) is 20.5. The van der Waals surface area contributed by atoms with Crippen LogP contribution in [0.5, 0.6) is 0 Å². The number of hydrogen-bond donors (Lipinski definition) is 2. The highest BCUT2D eigenvalue weighted by atomic mass is 19.4. The third kappa shape index (κ3) is 8.02. The molecule has 11 nitrogen and oxygen atoms in total. The molecule has 2 amide bonds. The maximum absolute atomic E-state index is 12.4. The molecule has 2 N–H and O–H groups in total. The molecule has 0 spiro atoms. The zero-order chi connectivity index (χ0) is 26.4. The molecule has 1 aliphatic carbocycles. The summed E-state index contributed by atoms with van der Waals surface area (Å²) in [5, 5.41) is 13.1. The van der Waals surface area contributed by atoms with Crippen molar-refractivity contribution >= 4 is 17.9 Å². The van der Waals surface area contributed by atoms with Crippen LogP contribution >= 0.6 is 0 Å². The van der Waals surface area contributed by atoms with Crippen LogP contribution in [0.2, 0.25) is 0 Å². The smallest absolute Gasteiger partial charge is 0.407 e. The molecule has 2 aromatic heterocycles. The van der Waals surface area contributed by atoms with Gasteiger partial charge in [-0.05, 0) is 50.0 Å². The number of likely N-dealkylation sites (tertiary alicyclic amines) is 1. The van der Waals surface area contributed by atoms with Crippen LogP contribution in [-0.4, -0.2) is 79.8 Å². The standard InChI is InChI=1S/C23H31F3N8O3/c1-15(10-23(24,25)26)30-22(36)37-14-16-8-17(9-16)18-11-27-21(28-12-18)31-19-2-5-33(6-3-19)20(35)13-34-7-4-29-32-34/h4,7,11-12,15-17,19H,2-3,5-6,8-10,13-14H2,1H3,(H,30,36)(H,27,28,31)/t15-,16?,17?/m0/s1. The first-order valence-electron chi connectivity index (χ1n) is 12.3. The number of rotatable bonds is 9. The van der Waals surface area contributed by atoms with Gasteiger partial charge in [0.2, 0.25) is 11.9 Å². The fourth-order valence-corrected chi connectivity index (χ4v) is 4.61. The quantitative estimate of drug-likeness (QED) is 0.513. The van der Waals surface area contributed by atoms with Crippen LogP contribution in [0.25, 0.3) is 0 Å². The highest BCUT2D eigenvalue weighted by molar-refractivity contribution is 5.76. The second-order valence-electron chi connectivity index (χ2n) is 9.74. The normalized spacial score (nSPS) is 21.1. The van der Waals surface area contributed by atoms with Gasteiger partial charge in [0.1, 0.15) is 6.54 Å². The van der Waals surface area contributed by atoms with E-state index in [1.807, 2.05) is 4.90 Å².